The van der Waals surface area contributed by atoms with Gasteiger partial charge in [0.1, 0.15) is 11.9 Å². The fourth-order valence-corrected chi connectivity index (χ4v) is 3.19. The first-order valence-electron chi connectivity index (χ1n) is 6.79. The molecule has 1 aromatic rings. The highest BCUT2D eigenvalue weighted by molar-refractivity contribution is 7.99. The van der Waals surface area contributed by atoms with E-state index in [1.54, 1.807) is 0 Å². The summed E-state index contributed by atoms with van der Waals surface area (Å²) in [5.74, 6) is 3.75. The Hall–Kier alpha value is -0.850. The molecule has 1 atom stereocenters. The van der Waals surface area contributed by atoms with Gasteiger partial charge < -0.3 is 14.8 Å². The van der Waals surface area contributed by atoms with Gasteiger partial charge in [0, 0.05) is 30.0 Å². The van der Waals surface area contributed by atoms with Crippen LogP contribution in [0.25, 0.3) is 0 Å². The van der Waals surface area contributed by atoms with Gasteiger partial charge in [0.15, 0.2) is 5.82 Å². The quantitative estimate of drug-likeness (QED) is 0.911. The zero-order chi connectivity index (χ0) is 13.1. The lowest BCUT2D eigenvalue weighted by Crippen LogP contribution is -2.23. The Kier molecular flexibility index (Phi) is 4.20. The van der Waals surface area contributed by atoms with Gasteiger partial charge in [-0.2, -0.15) is 11.8 Å². The van der Waals surface area contributed by atoms with E-state index in [1.165, 1.54) is 0 Å². The van der Waals surface area contributed by atoms with E-state index < -0.39 is 0 Å². The van der Waals surface area contributed by atoms with Crippen LogP contribution in [0.2, 0.25) is 0 Å². The number of thioether (sulfide) groups is 1. The predicted octanol–water partition coefficient (Wildman–Crippen LogP) is 1.79. The second-order valence-corrected chi connectivity index (χ2v) is 5.77. The standard InChI is InChI=1S/C13H19N3O2S/c1-2-14-12-9-7-17-4-3-10(9)15-13(16-12)11-8-19-6-5-18-11/h11H,2-8H2,1H3,(H,14,15,16). The first-order chi connectivity index (χ1) is 9.38. The molecule has 6 heteroatoms. The van der Waals surface area contributed by atoms with E-state index >= 15 is 0 Å². The maximum Gasteiger partial charge on any atom is 0.160 e. The van der Waals surface area contributed by atoms with Crippen LogP contribution in [0.3, 0.4) is 0 Å². The van der Waals surface area contributed by atoms with Crippen LogP contribution in [0.5, 0.6) is 0 Å². The van der Waals surface area contributed by atoms with Gasteiger partial charge >= 0.3 is 0 Å². The molecule has 3 heterocycles. The third kappa shape index (κ3) is 2.85. The largest absolute Gasteiger partial charge is 0.376 e. The van der Waals surface area contributed by atoms with Gasteiger partial charge in [-0.1, -0.05) is 0 Å². The molecule has 0 spiro atoms. The molecule has 19 heavy (non-hydrogen) atoms. The van der Waals surface area contributed by atoms with E-state index in [0.29, 0.717) is 6.61 Å². The Labute approximate surface area is 117 Å². The summed E-state index contributed by atoms with van der Waals surface area (Å²) in [5.41, 5.74) is 2.23. The number of hydrogen-bond acceptors (Lipinski definition) is 6. The Morgan fingerprint density at radius 3 is 3.11 bits per heavy atom. The van der Waals surface area contributed by atoms with Gasteiger partial charge in [0.05, 0.1) is 25.5 Å². The van der Waals surface area contributed by atoms with Crippen molar-refractivity contribution in [2.45, 2.75) is 26.1 Å². The van der Waals surface area contributed by atoms with Gasteiger partial charge in [-0.3, -0.25) is 0 Å². The molecule has 1 unspecified atom stereocenters. The molecule has 1 N–H and O–H groups in total. The van der Waals surface area contributed by atoms with Crippen LogP contribution >= 0.6 is 11.8 Å². The first-order valence-corrected chi connectivity index (χ1v) is 7.94. The topological polar surface area (TPSA) is 56.3 Å². The maximum atomic E-state index is 5.78. The molecule has 2 aliphatic heterocycles. The molecule has 0 aromatic carbocycles. The monoisotopic (exact) mass is 281 g/mol. The molecule has 0 aliphatic carbocycles. The molecule has 3 rings (SSSR count). The number of fused-ring (bicyclic) bond motifs is 1. The summed E-state index contributed by atoms with van der Waals surface area (Å²) < 4.78 is 11.3. The van der Waals surface area contributed by atoms with Crippen molar-refractivity contribution < 1.29 is 9.47 Å². The summed E-state index contributed by atoms with van der Waals surface area (Å²) in [6.45, 7) is 5.07. The van der Waals surface area contributed by atoms with Crippen molar-refractivity contribution >= 4 is 17.6 Å². The molecular weight excluding hydrogens is 262 g/mol. The van der Waals surface area contributed by atoms with E-state index in [2.05, 4.69) is 17.2 Å². The minimum Gasteiger partial charge on any atom is -0.376 e. The fourth-order valence-electron chi connectivity index (χ4n) is 2.35. The summed E-state index contributed by atoms with van der Waals surface area (Å²) in [4.78, 5) is 9.37. The van der Waals surface area contributed by atoms with E-state index in [9.17, 15) is 0 Å². The molecule has 104 valence electrons. The van der Waals surface area contributed by atoms with Crippen molar-refractivity contribution in [3.8, 4) is 0 Å². The lowest BCUT2D eigenvalue weighted by Gasteiger charge is -2.24. The number of hydrogen-bond donors (Lipinski definition) is 1. The summed E-state index contributed by atoms with van der Waals surface area (Å²) in [5, 5.41) is 3.32. The molecule has 0 amide bonds. The normalized spacial score (nSPS) is 22.9. The summed E-state index contributed by atoms with van der Waals surface area (Å²) >= 11 is 1.90. The maximum absolute atomic E-state index is 5.78. The number of nitrogens with one attached hydrogen (secondary N) is 1. The number of aromatic nitrogens is 2. The van der Waals surface area contributed by atoms with Crippen LogP contribution in [0.1, 0.15) is 30.1 Å². The number of rotatable bonds is 3. The van der Waals surface area contributed by atoms with Crippen molar-refractivity contribution in [2.75, 3.05) is 36.6 Å². The molecule has 0 saturated carbocycles. The van der Waals surface area contributed by atoms with Gasteiger partial charge in [-0.25, -0.2) is 9.97 Å². The molecule has 5 nitrogen and oxygen atoms in total. The molecule has 0 radical (unpaired) electrons. The highest BCUT2D eigenvalue weighted by Gasteiger charge is 2.24. The van der Waals surface area contributed by atoms with Crippen LogP contribution in [0.4, 0.5) is 5.82 Å². The Balaban J connectivity index is 1.93. The molecule has 1 aromatic heterocycles. The van der Waals surface area contributed by atoms with Gasteiger partial charge in [-0.15, -0.1) is 0 Å². The highest BCUT2D eigenvalue weighted by Crippen LogP contribution is 2.28. The van der Waals surface area contributed by atoms with E-state index in [4.69, 9.17) is 14.5 Å². The molecule has 2 aliphatic rings. The van der Waals surface area contributed by atoms with E-state index in [0.717, 1.165) is 60.6 Å². The lowest BCUT2D eigenvalue weighted by molar-refractivity contribution is 0.0682. The minimum atomic E-state index is 0.0318. The van der Waals surface area contributed by atoms with Crippen LogP contribution in [0, 0.1) is 0 Å². The number of anilines is 1. The van der Waals surface area contributed by atoms with Gasteiger partial charge in [-0.05, 0) is 6.92 Å². The lowest BCUT2D eigenvalue weighted by atomic mass is 10.1. The zero-order valence-electron chi connectivity index (χ0n) is 11.1. The first kappa shape index (κ1) is 13.1. The van der Waals surface area contributed by atoms with Crippen LogP contribution in [-0.4, -0.2) is 41.2 Å². The van der Waals surface area contributed by atoms with Crippen molar-refractivity contribution in [1.82, 2.24) is 9.97 Å². The van der Waals surface area contributed by atoms with Crippen molar-refractivity contribution in [1.29, 1.82) is 0 Å². The van der Waals surface area contributed by atoms with Crippen LogP contribution in [-0.2, 0) is 22.5 Å². The van der Waals surface area contributed by atoms with E-state index in [-0.39, 0.29) is 6.10 Å². The third-order valence-electron chi connectivity index (χ3n) is 3.29. The van der Waals surface area contributed by atoms with Crippen molar-refractivity contribution in [3.05, 3.63) is 17.1 Å². The van der Waals surface area contributed by atoms with Crippen LogP contribution < -0.4 is 5.32 Å². The predicted molar refractivity (Wildman–Crippen MR) is 75.6 cm³/mol. The van der Waals surface area contributed by atoms with E-state index in [1.807, 2.05) is 11.8 Å². The zero-order valence-corrected chi connectivity index (χ0v) is 12.0. The Morgan fingerprint density at radius 1 is 1.37 bits per heavy atom. The molecule has 1 saturated heterocycles. The summed E-state index contributed by atoms with van der Waals surface area (Å²) in [6.07, 6.45) is 0.896. The number of nitrogens with zero attached hydrogens (tertiary/aromatic N) is 2. The van der Waals surface area contributed by atoms with Gasteiger partial charge in [0.2, 0.25) is 0 Å². The fraction of sp³-hybridized carbons (Fsp3) is 0.692. The minimum absolute atomic E-state index is 0.0318. The summed E-state index contributed by atoms with van der Waals surface area (Å²) in [6, 6.07) is 0. The summed E-state index contributed by atoms with van der Waals surface area (Å²) in [7, 11) is 0. The second-order valence-electron chi connectivity index (χ2n) is 4.62. The van der Waals surface area contributed by atoms with Gasteiger partial charge in [0.25, 0.3) is 0 Å². The van der Waals surface area contributed by atoms with Crippen molar-refractivity contribution in [3.63, 3.8) is 0 Å². The second kappa shape index (κ2) is 6.07. The average Bonchev–Trinajstić information content (AvgIpc) is 2.48. The van der Waals surface area contributed by atoms with Crippen LogP contribution in [0.15, 0.2) is 0 Å². The average molecular weight is 281 g/mol. The number of ether oxygens (including phenoxy) is 2. The molecular formula is C13H19N3O2S. The highest BCUT2D eigenvalue weighted by atomic mass is 32.2. The smallest absolute Gasteiger partial charge is 0.160 e. The molecule has 0 bridgehead atoms. The SMILES string of the molecule is CCNc1nc(C2CSCCO2)nc2c1COCC2. The Bertz CT molecular complexity index is 450. The third-order valence-corrected chi connectivity index (χ3v) is 4.28. The Morgan fingerprint density at radius 2 is 2.32 bits per heavy atom. The molecule has 1 fully saturated rings. The van der Waals surface area contributed by atoms with Crippen molar-refractivity contribution in [2.24, 2.45) is 0 Å².